The van der Waals surface area contributed by atoms with Gasteiger partial charge in [0.05, 0.1) is 6.04 Å². The lowest BCUT2D eigenvalue weighted by Gasteiger charge is -2.27. The molecule has 0 radical (unpaired) electrons. The third-order valence-electron chi connectivity index (χ3n) is 5.65. The maximum atomic E-state index is 12.9. The lowest BCUT2D eigenvalue weighted by Crippen LogP contribution is -2.56. The Morgan fingerprint density at radius 1 is 0.969 bits per heavy atom. The van der Waals surface area contributed by atoms with Crippen molar-refractivity contribution in [2.75, 3.05) is 7.05 Å². The van der Waals surface area contributed by atoms with Gasteiger partial charge in [0.15, 0.2) is 0 Å². The van der Waals surface area contributed by atoms with E-state index in [-0.39, 0.29) is 36.6 Å². The molecule has 0 aromatic carbocycles. The summed E-state index contributed by atoms with van der Waals surface area (Å²) in [6.45, 7) is 3.88. The fourth-order valence-electron chi connectivity index (χ4n) is 3.46. The van der Waals surface area contributed by atoms with E-state index in [4.69, 9.17) is 10.8 Å². The Morgan fingerprint density at radius 3 is 2.06 bits per heavy atom. The molecule has 4 atom stereocenters. The van der Waals surface area contributed by atoms with Crippen LogP contribution in [0, 0.1) is 11.8 Å². The summed E-state index contributed by atoms with van der Waals surface area (Å²) in [5.41, 5.74) is 5.79. The summed E-state index contributed by atoms with van der Waals surface area (Å²) in [5.74, 6) is -3.43. The molecule has 32 heavy (non-hydrogen) atoms. The zero-order chi connectivity index (χ0) is 24.3. The minimum atomic E-state index is -1.36. The summed E-state index contributed by atoms with van der Waals surface area (Å²) < 4.78 is 0. The van der Waals surface area contributed by atoms with Gasteiger partial charge in [0.25, 0.3) is 0 Å². The lowest BCUT2D eigenvalue weighted by molar-refractivity contribution is -0.143. The summed E-state index contributed by atoms with van der Waals surface area (Å²) in [6.07, 6.45) is 8.48. The molecular weight excluding hydrogens is 416 g/mol. The van der Waals surface area contributed by atoms with Crippen LogP contribution < -0.4 is 21.7 Å². The molecule has 0 saturated heterocycles. The van der Waals surface area contributed by atoms with Crippen molar-refractivity contribution in [1.29, 1.82) is 0 Å². The Hall–Kier alpha value is -2.72. The third kappa shape index (κ3) is 9.19. The molecule has 0 heterocycles. The molecule has 0 bridgehead atoms. The number of carboxylic acid groups (broad SMARTS) is 2. The number of amides is 2. The Kier molecular flexibility index (Phi) is 11.6. The van der Waals surface area contributed by atoms with Crippen LogP contribution in [-0.4, -0.2) is 65.2 Å². The summed E-state index contributed by atoms with van der Waals surface area (Å²) in [4.78, 5) is 48.0. The zero-order valence-corrected chi connectivity index (χ0v) is 18.9. The van der Waals surface area contributed by atoms with Gasteiger partial charge in [0.2, 0.25) is 11.8 Å². The first-order valence-electron chi connectivity index (χ1n) is 10.9. The van der Waals surface area contributed by atoms with Gasteiger partial charge in [-0.3, -0.25) is 14.4 Å². The van der Waals surface area contributed by atoms with Gasteiger partial charge in [-0.1, -0.05) is 44.6 Å². The van der Waals surface area contributed by atoms with E-state index in [1.807, 2.05) is 38.2 Å². The van der Waals surface area contributed by atoms with E-state index in [9.17, 15) is 24.3 Å². The number of likely N-dealkylation sites (N-methyl/N-ethyl adjacent to an activating group) is 1. The van der Waals surface area contributed by atoms with E-state index in [0.29, 0.717) is 6.42 Å². The number of rotatable bonds is 14. The van der Waals surface area contributed by atoms with Crippen molar-refractivity contribution in [3.05, 3.63) is 24.3 Å². The monoisotopic (exact) mass is 452 g/mol. The number of carbonyl (C=O) groups is 4. The molecule has 1 aliphatic carbocycles. The van der Waals surface area contributed by atoms with E-state index in [0.717, 1.165) is 6.42 Å². The average Bonchev–Trinajstić information content (AvgIpc) is 2.74. The van der Waals surface area contributed by atoms with Crippen LogP contribution in [0.2, 0.25) is 0 Å². The van der Waals surface area contributed by atoms with Crippen LogP contribution in [0.5, 0.6) is 0 Å². The molecule has 0 aromatic rings. The molecule has 0 unspecified atom stereocenters. The maximum absolute atomic E-state index is 12.9. The van der Waals surface area contributed by atoms with Crippen LogP contribution in [-0.2, 0) is 19.2 Å². The Bertz CT molecular complexity index is 709. The highest BCUT2D eigenvalue weighted by Crippen LogP contribution is 2.17. The van der Waals surface area contributed by atoms with Crippen LogP contribution in [0.3, 0.4) is 0 Å². The van der Waals surface area contributed by atoms with Gasteiger partial charge in [-0.15, -0.1) is 0 Å². The van der Waals surface area contributed by atoms with E-state index < -0.39 is 42.4 Å². The largest absolute Gasteiger partial charge is 0.481 e. The highest BCUT2D eigenvalue weighted by Gasteiger charge is 2.30. The molecule has 0 saturated carbocycles. The first-order chi connectivity index (χ1) is 15.1. The molecule has 10 heteroatoms. The lowest BCUT2D eigenvalue weighted by atomic mass is 9.93. The van der Waals surface area contributed by atoms with E-state index in [1.54, 1.807) is 7.05 Å². The van der Waals surface area contributed by atoms with Crippen LogP contribution in [0.25, 0.3) is 0 Å². The van der Waals surface area contributed by atoms with E-state index in [1.165, 1.54) is 0 Å². The molecule has 2 amide bonds. The van der Waals surface area contributed by atoms with E-state index in [2.05, 4.69) is 16.0 Å². The quantitative estimate of drug-likeness (QED) is 0.205. The first kappa shape index (κ1) is 27.3. The first-order valence-corrected chi connectivity index (χ1v) is 10.9. The van der Waals surface area contributed by atoms with Crippen molar-refractivity contribution >= 4 is 23.8 Å². The summed E-state index contributed by atoms with van der Waals surface area (Å²) in [7, 11) is 1.67. The molecule has 1 rings (SSSR count). The second-order valence-corrected chi connectivity index (χ2v) is 8.13. The average molecular weight is 453 g/mol. The molecule has 0 fully saturated rings. The number of nitrogens with two attached hydrogens (primary N) is 1. The van der Waals surface area contributed by atoms with Crippen LogP contribution >= 0.6 is 0 Å². The molecule has 10 nitrogen and oxygen atoms in total. The Balaban J connectivity index is 2.93. The molecule has 0 spiro atoms. The highest BCUT2D eigenvalue weighted by molar-refractivity contribution is 5.92. The number of carbonyl (C=O) groups excluding carboxylic acids is 2. The minimum absolute atomic E-state index is 0.0248. The van der Waals surface area contributed by atoms with Crippen molar-refractivity contribution in [3.63, 3.8) is 0 Å². The second-order valence-electron chi connectivity index (χ2n) is 8.13. The summed E-state index contributed by atoms with van der Waals surface area (Å²) >= 11 is 0. The predicted octanol–water partition coefficient (Wildman–Crippen LogP) is 0.389. The minimum Gasteiger partial charge on any atom is -0.481 e. The zero-order valence-electron chi connectivity index (χ0n) is 18.9. The van der Waals surface area contributed by atoms with Gasteiger partial charge in [-0.25, -0.2) is 4.79 Å². The van der Waals surface area contributed by atoms with Crippen molar-refractivity contribution in [3.8, 4) is 0 Å². The third-order valence-corrected chi connectivity index (χ3v) is 5.65. The number of allylic oxidation sites excluding steroid dienone is 2. The topological polar surface area (TPSA) is 171 Å². The number of carboxylic acids is 2. The molecule has 0 aliphatic heterocycles. The number of hydrogen-bond donors (Lipinski definition) is 6. The molecule has 1 aliphatic rings. The van der Waals surface area contributed by atoms with Gasteiger partial charge in [-0.2, -0.15) is 0 Å². The second kappa shape index (κ2) is 13.6. The van der Waals surface area contributed by atoms with Crippen molar-refractivity contribution in [2.45, 2.75) is 70.1 Å². The van der Waals surface area contributed by atoms with Gasteiger partial charge in [0, 0.05) is 12.5 Å². The standard InChI is InChI=1S/C22H36N4O6/c1-4-13(2)19(24-3)21(30)25-16(10-7-14-5-8-15(23)9-6-14)20(29)26-17(22(31)32)11-12-18(27)28/h5-6,8-9,13-17,19,24H,4,7,10-12,23H2,1-3H3,(H,25,30)(H,26,29)(H,27,28)(H,31,32)/t13-,14?,15?,16-,17-,19-/m0/s1. The van der Waals surface area contributed by atoms with Gasteiger partial charge >= 0.3 is 11.9 Å². The van der Waals surface area contributed by atoms with Crippen molar-refractivity contribution < 1.29 is 29.4 Å². The molecule has 7 N–H and O–H groups in total. The smallest absolute Gasteiger partial charge is 0.326 e. The van der Waals surface area contributed by atoms with Crippen LogP contribution in [0.15, 0.2) is 24.3 Å². The highest BCUT2D eigenvalue weighted by atomic mass is 16.4. The van der Waals surface area contributed by atoms with Gasteiger partial charge in [-0.05, 0) is 38.1 Å². The molecule has 0 aromatic heterocycles. The van der Waals surface area contributed by atoms with Crippen molar-refractivity contribution in [1.82, 2.24) is 16.0 Å². The molecule has 180 valence electrons. The van der Waals surface area contributed by atoms with Crippen molar-refractivity contribution in [2.24, 2.45) is 17.6 Å². The maximum Gasteiger partial charge on any atom is 0.326 e. The van der Waals surface area contributed by atoms with Crippen LogP contribution in [0.1, 0.15) is 46.0 Å². The fraction of sp³-hybridized carbons (Fsp3) is 0.636. The van der Waals surface area contributed by atoms with Gasteiger partial charge in [0.1, 0.15) is 12.1 Å². The number of nitrogens with one attached hydrogen (secondary N) is 3. The Labute approximate surface area is 188 Å². The van der Waals surface area contributed by atoms with E-state index >= 15 is 0 Å². The normalized spacial score (nSPS) is 21.2. The number of aliphatic carboxylic acids is 2. The predicted molar refractivity (Wildman–Crippen MR) is 120 cm³/mol. The SMILES string of the molecule is CC[C@H](C)[C@H](NC)C(=O)N[C@@H](CCC1C=CC(N)C=C1)C(=O)N[C@@H](CCC(=O)O)C(=O)O. The fourth-order valence-corrected chi connectivity index (χ4v) is 3.46. The van der Waals surface area contributed by atoms with Gasteiger partial charge < -0.3 is 31.9 Å². The summed E-state index contributed by atoms with van der Waals surface area (Å²) in [6, 6.07) is -2.99. The summed E-state index contributed by atoms with van der Waals surface area (Å²) in [5, 5.41) is 26.3. The Morgan fingerprint density at radius 2 is 1.56 bits per heavy atom. The number of hydrogen-bond acceptors (Lipinski definition) is 6. The molecular formula is C22H36N4O6. The van der Waals surface area contributed by atoms with Crippen LogP contribution in [0.4, 0.5) is 0 Å².